The molecule has 0 spiro atoms. The van der Waals surface area contributed by atoms with Gasteiger partial charge in [-0.25, -0.2) is 0 Å². The number of hydrogen-bond donors (Lipinski definition) is 0. The highest BCUT2D eigenvalue weighted by atomic mass is 16.6. The Morgan fingerprint density at radius 1 is 0.288 bits per heavy atom. The van der Waals surface area contributed by atoms with Crippen LogP contribution in [-0.4, -0.2) is 37.2 Å². The molecule has 0 rings (SSSR count). The molecule has 0 saturated heterocycles. The third-order valence-electron chi connectivity index (χ3n) is 11.9. The molecule has 59 heavy (non-hydrogen) atoms. The SMILES string of the molecule is CC(C)CCCCCCCCCCCCCCCCCCC(=O)O[C@H](COC(=O)CCCCCCCCCCCC(C)C)COC(=O)CCCCCCCCCC(C)C. The van der Waals surface area contributed by atoms with E-state index in [1.807, 2.05) is 0 Å². The molecule has 350 valence electrons. The summed E-state index contributed by atoms with van der Waals surface area (Å²) in [7, 11) is 0. The lowest BCUT2D eigenvalue weighted by molar-refractivity contribution is -0.167. The van der Waals surface area contributed by atoms with Crippen LogP contribution in [0.1, 0.15) is 286 Å². The van der Waals surface area contributed by atoms with Crippen LogP contribution >= 0.6 is 0 Å². The number of unbranched alkanes of at least 4 members (excludes halogenated alkanes) is 29. The molecule has 0 aromatic carbocycles. The Labute approximate surface area is 368 Å². The second kappa shape index (κ2) is 44.5. The number of carbonyl (C=O) groups excluding carboxylic acids is 3. The molecule has 0 bridgehead atoms. The van der Waals surface area contributed by atoms with E-state index in [0.29, 0.717) is 19.3 Å². The maximum atomic E-state index is 12.8. The second-order valence-electron chi connectivity index (χ2n) is 19.6. The van der Waals surface area contributed by atoms with Crippen LogP contribution in [0.15, 0.2) is 0 Å². The van der Waals surface area contributed by atoms with Gasteiger partial charge in [-0.1, -0.05) is 247 Å². The topological polar surface area (TPSA) is 78.9 Å². The number of ether oxygens (including phenoxy) is 3. The standard InChI is InChI=1S/C53H102O6/c1-47(2)39-33-27-21-16-13-11-9-7-8-10-12-14-18-25-32-38-44-53(56)59-50(46-58-52(55)43-37-31-26-20-23-29-35-41-49(5)6)45-57-51(54)42-36-30-24-19-15-17-22-28-34-40-48(3)4/h47-50H,7-46H2,1-6H3/t50-/m1/s1. The zero-order chi connectivity index (χ0) is 43.4. The van der Waals surface area contributed by atoms with E-state index in [2.05, 4.69) is 41.5 Å². The molecule has 0 aliphatic heterocycles. The lowest BCUT2D eigenvalue weighted by atomic mass is 10.0. The molecule has 0 radical (unpaired) electrons. The molecular formula is C53H102O6. The van der Waals surface area contributed by atoms with Crippen molar-refractivity contribution in [2.45, 2.75) is 292 Å². The number of rotatable bonds is 46. The van der Waals surface area contributed by atoms with Gasteiger partial charge in [0.2, 0.25) is 0 Å². The summed E-state index contributed by atoms with van der Waals surface area (Å²) in [6.07, 6.45) is 43.9. The fourth-order valence-electron chi connectivity index (χ4n) is 7.94. The minimum atomic E-state index is -0.763. The molecule has 0 heterocycles. The normalized spacial score (nSPS) is 12.2. The quantitative estimate of drug-likeness (QED) is 0.0345. The summed E-state index contributed by atoms with van der Waals surface area (Å²) in [6, 6.07) is 0. The molecule has 6 nitrogen and oxygen atoms in total. The Kier molecular flexibility index (Phi) is 43.3. The lowest BCUT2D eigenvalue weighted by Gasteiger charge is -2.18. The molecule has 0 aromatic rings. The summed E-state index contributed by atoms with van der Waals surface area (Å²) < 4.78 is 16.8. The van der Waals surface area contributed by atoms with Crippen LogP contribution in [0.25, 0.3) is 0 Å². The van der Waals surface area contributed by atoms with Crippen LogP contribution < -0.4 is 0 Å². The zero-order valence-electron chi connectivity index (χ0n) is 40.5. The number of esters is 3. The van der Waals surface area contributed by atoms with Crippen LogP contribution in [0.4, 0.5) is 0 Å². The Hall–Kier alpha value is -1.59. The van der Waals surface area contributed by atoms with Crippen molar-refractivity contribution in [3.8, 4) is 0 Å². The third kappa shape index (κ3) is 47.3. The highest BCUT2D eigenvalue weighted by molar-refractivity contribution is 5.71. The van der Waals surface area contributed by atoms with Gasteiger partial charge in [-0.2, -0.15) is 0 Å². The summed E-state index contributed by atoms with van der Waals surface area (Å²) >= 11 is 0. The van der Waals surface area contributed by atoms with E-state index >= 15 is 0 Å². The molecule has 0 saturated carbocycles. The first-order valence-electron chi connectivity index (χ1n) is 26.1. The van der Waals surface area contributed by atoms with Gasteiger partial charge >= 0.3 is 17.9 Å². The Morgan fingerprint density at radius 2 is 0.492 bits per heavy atom. The van der Waals surface area contributed by atoms with Crippen molar-refractivity contribution >= 4 is 17.9 Å². The summed E-state index contributed by atoms with van der Waals surface area (Å²) in [4.78, 5) is 37.9. The van der Waals surface area contributed by atoms with Crippen LogP contribution in [0.5, 0.6) is 0 Å². The Balaban J connectivity index is 4.26. The highest BCUT2D eigenvalue weighted by Gasteiger charge is 2.19. The lowest BCUT2D eigenvalue weighted by Crippen LogP contribution is -2.30. The Bertz CT molecular complexity index is 914. The molecule has 0 aliphatic rings. The summed E-state index contributed by atoms with van der Waals surface area (Å²) in [6.45, 7) is 13.7. The predicted octanol–water partition coefficient (Wildman–Crippen LogP) is 16.8. The van der Waals surface area contributed by atoms with Crippen molar-refractivity contribution < 1.29 is 28.6 Å². The second-order valence-corrected chi connectivity index (χ2v) is 19.6. The maximum absolute atomic E-state index is 12.8. The monoisotopic (exact) mass is 835 g/mol. The van der Waals surface area contributed by atoms with E-state index in [9.17, 15) is 14.4 Å². The van der Waals surface area contributed by atoms with E-state index in [1.54, 1.807) is 0 Å². The first-order chi connectivity index (χ1) is 28.6. The third-order valence-corrected chi connectivity index (χ3v) is 11.9. The maximum Gasteiger partial charge on any atom is 0.306 e. The number of hydrogen-bond acceptors (Lipinski definition) is 6. The van der Waals surface area contributed by atoms with Gasteiger partial charge in [-0.3, -0.25) is 14.4 Å². The molecular weight excluding hydrogens is 733 g/mol. The van der Waals surface area contributed by atoms with Gasteiger partial charge < -0.3 is 14.2 Å². The van der Waals surface area contributed by atoms with Crippen molar-refractivity contribution in [3.63, 3.8) is 0 Å². The fraction of sp³-hybridized carbons (Fsp3) is 0.943. The van der Waals surface area contributed by atoms with Gasteiger partial charge in [0.25, 0.3) is 0 Å². The average Bonchev–Trinajstić information content (AvgIpc) is 3.19. The van der Waals surface area contributed by atoms with Gasteiger partial charge in [0, 0.05) is 19.3 Å². The van der Waals surface area contributed by atoms with Crippen LogP contribution in [0.2, 0.25) is 0 Å². The molecule has 0 aliphatic carbocycles. The van der Waals surface area contributed by atoms with Crippen LogP contribution in [0.3, 0.4) is 0 Å². The van der Waals surface area contributed by atoms with E-state index in [1.165, 1.54) is 167 Å². The summed E-state index contributed by atoms with van der Waals surface area (Å²) in [5.74, 6) is 1.59. The molecule has 6 heteroatoms. The van der Waals surface area contributed by atoms with E-state index in [4.69, 9.17) is 14.2 Å². The van der Waals surface area contributed by atoms with Crippen LogP contribution in [-0.2, 0) is 28.6 Å². The van der Waals surface area contributed by atoms with Gasteiger partial charge in [-0.05, 0) is 37.0 Å². The smallest absolute Gasteiger partial charge is 0.306 e. The van der Waals surface area contributed by atoms with Crippen LogP contribution in [0, 0.1) is 17.8 Å². The molecule has 0 aromatic heterocycles. The highest BCUT2D eigenvalue weighted by Crippen LogP contribution is 2.18. The van der Waals surface area contributed by atoms with E-state index in [-0.39, 0.29) is 31.1 Å². The molecule has 0 amide bonds. The average molecular weight is 835 g/mol. The minimum Gasteiger partial charge on any atom is -0.462 e. The predicted molar refractivity (Wildman–Crippen MR) is 252 cm³/mol. The van der Waals surface area contributed by atoms with E-state index < -0.39 is 6.10 Å². The molecule has 1 atom stereocenters. The van der Waals surface area contributed by atoms with Crippen molar-refractivity contribution in [2.24, 2.45) is 17.8 Å². The largest absolute Gasteiger partial charge is 0.462 e. The van der Waals surface area contributed by atoms with Crippen molar-refractivity contribution in [1.82, 2.24) is 0 Å². The molecule has 0 unspecified atom stereocenters. The van der Waals surface area contributed by atoms with Crippen molar-refractivity contribution in [1.29, 1.82) is 0 Å². The molecule has 0 N–H and O–H groups in total. The van der Waals surface area contributed by atoms with Gasteiger partial charge in [0.15, 0.2) is 6.10 Å². The van der Waals surface area contributed by atoms with E-state index in [0.717, 1.165) is 75.5 Å². The van der Waals surface area contributed by atoms with Gasteiger partial charge in [-0.15, -0.1) is 0 Å². The van der Waals surface area contributed by atoms with Gasteiger partial charge in [0.05, 0.1) is 0 Å². The fourth-order valence-corrected chi connectivity index (χ4v) is 7.94. The minimum absolute atomic E-state index is 0.0654. The van der Waals surface area contributed by atoms with Gasteiger partial charge in [0.1, 0.15) is 13.2 Å². The van der Waals surface area contributed by atoms with Crippen molar-refractivity contribution in [2.75, 3.05) is 13.2 Å². The first kappa shape index (κ1) is 57.4. The molecule has 0 fully saturated rings. The Morgan fingerprint density at radius 3 is 0.729 bits per heavy atom. The summed E-state index contributed by atoms with van der Waals surface area (Å²) in [5.41, 5.74) is 0. The van der Waals surface area contributed by atoms with Crippen molar-refractivity contribution in [3.05, 3.63) is 0 Å². The number of carbonyl (C=O) groups is 3. The zero-order valence-corrected chi connectivity index (χ0v) is 40.5. The first-order valence-corrected chi connectivity index (χ1v) is 26.1. The summed E-state index contributed by atoms with van der Waals surface area (Å²) in [5, 5.41) is 0.